The lowest BCUT2D eigenvalue weighted by molar-refractivity contribution is 0.00578. The minimum atomic E-state index is -0.411. The van der Waals surface area contributed by atoms with Crippen molar-refractivity contribution < 1.29 is 9.31 Å². The molecule has 23 rings (SSSR count). The Kier molecular flexibility index (Phi) is 14.7. The van der Waals surface area contributed by atoms with E-state index in [0.717, 1.165) is 49.9 Å². The molecule has 0 saturated carbocycles. The number of imidazole rings is 2. The molecule has 0 N–H and O–H groups in total. The van der Waals surface area contributed by atoms with Gasteiger partial charge in [0, 0.05) is 26.0 Å². The topological polar surface area (TPSA) is 53.1 Å². The molecule has 0 spiro atoms. The van der Waals surface area contributed by atoms with E-state index < -0.39 is 7.12 Å². The molecule has 22 aromatic rings. The Hall–Kier alpha value is -12.6. The largest absolute Gasteiger partial charge is 0.494 e. The highest BCUT2D eigenvalue weighted by molar-refractivity contribution is 9.10. The van der Waals surface area contributed by atoms with Gasteiger partial charge in [0.25, 0.3) is 0 Å². The third kappa shape index (κ3) is 9.87. The molecule has 1 fully saturated rings. The summed E-state index contributed by atoms with van der Waals surface area (Å²) in [5.41, 5.74) is 16.3. The third-order valence-corrected chi connectivity index (χ3v) is 24.1. The molecule has 8 heteroatoms. The highest BCUT2D eigenvalue weighted by atomic mass is 79.9. The first-order chi connectivity index (χ1) is 53.0. The second-order valence-electron chi connectivity index (χ2n) is 29.7. The fourth-order valence-electron chi connectivity index (χ4n) is 17.5. The smallest absolute Gasteiger partial charge is 0.399 e. The number of benzene rings is 18. The first-order valence-electron chi connectivity index (χ1n) is 37.2. The van der Waals surface area contributed by atoms with Crippen molar-refractivity contribution in [1.82, 2.24) is 18.8 Å². The van der Waals surface area contributed by atoms with Gasteiger partial charge in [-0.25, -0.2) is 9.97 Å². The van der Waals surface area contributed by atoms with Crippen LogP contribution >= 0.6 is 15.9 Å². The highest BCUT2D eigenvalue weighted by Gasteiger charge is 2.52. The molecule has 0 unspecified atom stereocenters. The van der Waals surface area contributed by atoms with Crippen LogP contribution < -0.4 is 5.46 Å². The summed E-state index contributed by atoms with van der Waals surface area (Å²) in [5.74, 6) is 0. The lowest BCUT2D eigenvalue weighted by atomic mass is 9.78. The predicted molar refractivity (Wildman–Crippen MR) is 462 cm³/mol. The van der Waals surface area contributed by atoms with Gasteiger partial charge in [-0.3, -0.25) is 8.80 Å². The van der Waals surface area contributed by atoms with Gasteiger partial charge < -0.3 is 9.31 Å². The summed E-state index contributed by atoms with van der Waals surface area (Å²) in [4.78, 5) is 10.4. The van der Waals surface area contributed by atoms with E-state index in [1.165, 1.54) is 156 Å². The number of fused-ring (bicyclic) bond motifs is 26. The Bertz CT molecular complexity index is 7420. The van der Waals surface area contributed by atoms with Crippen LogP contribution in [0, 0.1) is 0 Å². The Morgan fingerprint density at radius 1 is 0.278 bits per heavy atom. The Morgan fingerprint density at radius 3 is 1.06 bits per heavy atom. The van der Waals surface area contributed by atoms with Gasteiger partial charge in [0.1, 0.15) is 11.3 Å². The SMILES string of the molecule is Brc1c2ccccc2c(-c2cccc3ccccc23)c2ccccc12.CC1(C)OB(c2ccc3c4ccc5ccccc5c4c4nc5ccccc5n4c3c2)OC1(C)C.c1ccc2c(-c3c4ccccc4c(-c4ccc5c6ccc7ccccc7c6c6nc7ccccc7n6c5c4)c4ccccc34)cccc2c1. The number of halogens is 1. The van der Waals surface area contributed by atoms with Crippen molar-refractivity contribution in [2.45, 2.75) is 38.9 Å². The summed E-state index contributed by atoms with van der Waals surface area (Å²) < 4.78 is 18.6. The molecular weight excluding hydrogens is 1380 g/mol. The molecule has 6 nitrogen and oxygen atoms in total. The Labute approximate surface area is 631 Å². The molecule has 0 aliphatic carbocycles. The zero-order valence-corrected chi connectivity index (χ0v) is 61.5. The average Bonchev–Trinajstić information content (AvgIpc) is 1.28. The Balaban J connectivity index is 0.000000110. The van der Waals surface area contributed by atoms with Crippen LogP contribution in [0.5, 0.6) is 0 Å². The van der Waals surface area contributed by atoms with E-state index in [0.29, 0.717) is 0 Å². The fourth-order valence-corrected chi connectivity index (χ4v) is 18.2. The zero-order valence-electron chi connectivity index (χ0n) is 59.9. The van der Waals surface area contributed by atoms with Crippen LogP contribution in [0.1, 0.15) is 27.7 Å². The first-order valence-corrected chi connectivity index (χ1v) is 37.9. The maximum atomic E-state index is 6.38. The second kappa shape index (κ2) is 24.8. The number of hydrogen-bond donors (Lipinski definition) is 0. The summed E-state index contributed by atoms with van der Waals surface area (Å²) in [5, 5.41) is 27.3. The second-order valence-corrected chi connectivity index (χ2v) is 30.5. The first kappa shape index (κ1) is 63.9. The molecule has 108 heavy (non-hydrogen) atoms. The molecule has 0 amide bonds. The van der Waals surface area contributed by atoms with Crippen LogP contribution in [0.4, 0.5) is 0 Å². The van der Waals surface area contributed by atoms with Crippen LogP contribution in [0.15, 0.2) is 344 Å². The number of pyridine rings is 2. The molecule has 4 aromatic heterocycles. The van der Waals surface area contributed by atoms with E-state index in [1.807, 2.05) is 6.07 Å². The van der Waals surface area contributed by atoms with Crippen molar-refractivity contribution in [3.05, 3.63) is 344 Å². The van der Waals surface area contributed by atoms with Gasteiger partial charge in [0.2, 0.25) is 0 Å². The number of para-hydroxylation sites is 4. The van der Waals surface area contributed by atoms with Crippen LogP contribution in [0.3, 0.4) is 0 Å². The average molecular weight is 1450 g/mol. The van der Waals surface area contributed by atoms with Crippen molar-refractivity contribution in [3.63, 3.8) is 0 Å². The number of nitrogens with zero attached hydrogens (tertiary/aromatic N) is 4. The van der Waals surface area contributed by atoms with E-state index in [2.05, 4.69) is 386 Å². The van der Waals surface area contributed by atoms with Crippen LogP contribution in [0.25, 0.3) is 196 Å². The van der Waals surface area contributed by atoms with Crippen molar-refractivity contribution >= 4 is 191 Å². The zero-order chi connectivity index (χ0) is 72.1. The molecule has 0 atom stereocenters. The predicted octanol–water partition coefficient (Wildman–Crippen LogP) is 26.6. The van der Waals surface area contributed by atoms with Crippen LogP contribution in [0.2, 0.25) is 0 Å². The van der Waals surface area contributed by atoms with Gasteiger partial charge in [0.15, 0.2) is 0 Å². The van der Waals surface area contributed by atoms with Gasteiger partial charge in [-0.2, -0.15) is 0 Å². The standard InChI is InChI=1S/C47H28N2.C29H25BN2O2.C24H15Br/c1-3-15-32-29(12-1)14-11-21-35(32)45-38-19-7-5-17-36(38)44(37-18-6-8-20-39(37)45)31-25-26-34-40-27-24-30-13-2-4-16-33(30)46(40)47-48-41-22-9-10-23-42(41)49(47)43(34)28-31;1-28(2)29(3,4)34-30(33-28)19-14-16-21-22-15-13-18-9-5-6-10-20(18)26(22)27-31-23-11-7-8-12-24(23)32(27)25(21)17-19;25-24-21-13-5-3-11-19(21)23(20-12-4-6-14-22(20)24)18-15-7-9-16-8-1-2-10-17(16)18/h1-28H;5-17H,1-4H3;1-15H. The lowest BCUT2D eigenvalue weighted by Crippen LogP contribution is -2.41. The van der Waals surface area contributed by atoms with Gasteiger partial charge >= 0.3 is 7.12 Å². The molecule has 1 aliphatic heterocycles. The van der Waals surface area contributed by atoms with Gasteiger partial charge in [0.05, 0.1) is 44.3 Å². The van der Waals surface area contributed by atoms with E-state index in [1.54, 1.807) is 0 Å². The summed E-state index contributed by atoms with van der Waals surface area (Å²) in [6, 6.07) is 122. The van der Waals surface area contributed by atoms with Gasteiger partial charge in [-0.1, -0.05) is 303 Å². The quantitative estimate of drug-likeness (QED) is 0.100. The maximum absolute atomic E-state index is 6.38. The van der Waals surface area contributed by atoms with Gasteiger partial charge in [-0.05, 0) is 216 Å². The number of hydrogen-bond acceptors (Lipinski definition) is 4. The lowest BCUT2D eigenvalue weighted by Gasteiger charge is -2.32. The molecule has 18 aromatic carbocycles. The van der Waals surface area contributed by atoms with Crippen molar-refractivity contribution in [3.8, 4) is 33.4 Å². The van der Waals surface area contributed by atoms with Crippen LogP contribution in [-0.2, 0) is 9.31 Å². The Morgan fingerprint density at radius 2 is 0.611 bits per heavy atom. The van der Waals surface area contributed by atoms with Gasteiger partial charge in [-0.15, -0.1) is 0 Å². The maximum Gasteiger partial charge on any atom is 0.494 e. The summed E-state index contributed by atoms with van der Waals surface area (Å²) in [7, 11) is -0.411. The highest BCUT2D eigenvalue weighted by Crippen LogP contribution is 2.49. The molecule has 0 radical (unpaired) electrons. The summed E-state index contributed by atoms with van der Waals surface area (Å²) in [6.45, 7) is 8.37. The van der Waals surface area contributed by atoms with Crippen molar-refractivity contribution in [1.29, 1.82) is 0 Å². The molecule has 1 aliphatic rings. The monoisotopic (exact) mass is 1450 g/mol. The normalized spacial score (nSPS) is 13.7. The van der Waals surface area contributed by atoms with E-state index in [9.17, 15) is 0 Å². The molecular formula is C100H68BBrN4O2. The van der Waals surface area contributed by atoms with Crippen molar-refractivity contribution in [2.24, 2.45) is 0 Å². The fraction of sp³-hybridized carbons (Fsp3) is 0.0600. The number of rotatable bonds is 4. The third-order valence-electron chi connectivity index (χ3n) is 23.2. The summed E-state index contributed by atoms with van der Waals surface area (Å²) in [6.07, 6.45) is 0. The van der Waals surface area contributed by atoms with E-state index in [-0.39, 0.29) is 11.2 Å². The van der Waals surface area contributed by atoms with E-state index in [4.69, 9.17) is 19.3 Å². The molecule has 0 bridgehead atoms. The number of aromatic nitrogens is 4. The van der Waals surface area contributed by atoms with E-state index >= 15 is 0 Å². The molecule has 1 saturated heterocycles. The molecule has 5 heterocycles. The van der Waals surface area contributed by atoms with Crippen LogP contribution in [-0.4, -0.2) is 37.1 Å². The minimum Gasteiger partial charge on any atom is -0.399 e. The minimum absolute atomic E-state index is 0.383. The summed E-state index contributed by atoms with van der Waals surface area (Å²) >= 11 is 3.84. The van der Waals surface area contributed by atoms with Crippen molar-refractivity contribution in [2.75, 3.05) is 0 Å². The molecule has 510 valence electrons.